The van der Waals surface area contributed by atoms with Crippen LogP contribution in [0.1, 0.15) is 30.0 Å². The zero-order valence-corrected chi connectivity index (χ0v) is 22.5. The van der Waals surface area contributed by atoms with Crippen molar-refractivity contribution in [1.82, 2.24) is 24.6 Å². The first-order valence-electron chi connectivity index (χ1n) is 11.3. The van der Waals surface area contributed by atoms with Gasteiger partial charge >= 0.3 is 13.7 Å². The molecule has 2 aliphatic rings. The van der Waals surface area contributed by atoms with Crippen molar-refractivity contribution < 1.29 is 37.4 Å². The number of esters is 1. The molecule has 5 atom stereocenters. The number of ether oxygens (including phenoxy) is 2. The van der Waals surface area contributed by atoms with Crippen molar-refractivity contribution in [2.24, 2.45) is 0 Å². The van der Waals surface area contributed by atoms with Crippen LogP contribution in [0.15, 0.2) is 23.3 Å². The molecule has 0 aliphatic carbocycles. The van der Waals surface area contributed by atoms with Crippen LogP contribution in [-0.4, -0.2) is 54.0 Å². The van der Waals surface area contributed by atoms with Gasteiger partial charge in [-0.3, -0.25) is 24.1 Å². The molecule has 3 aromatic rings. The van der Waals surface area contributed by atoms with Crippen LogP contribution in [0.5, 0.6) is 5.75 Å². The monoisotopic (exact) mass is 616 g/mol. The number of aliphatic hydroxyl groups excluding tert-OH is 1. The number of aromatic nitrogens is 4. The molecule has 3 unspecified atom stereocenters. The third-order valence-corrected chi connectivity index (χ3v) is 8.46. The number of rotatable bonds is 6. The number of alkyl halides is 2. The Bertz CT molecular complexity index is 1530. The molecule has 1 saturated heterocycles. The maximum absolute atomic E-state index is 15.7. The molecule has 0 aromatic carbocycles. The Balaban J connectivity index is 1.33. The molecule has 0 radical (unpaired) electrons. The lowest BCUT2D eigenvalue weighted by atomic mass is 10.1. The van der Waals surface area contributed by atoms with Crippen LogP contribution in [0.25, 0.3) is 11.0 Å². The van der Waals surface area contributed by atoms with Crippen molar-refractivity contribution in [2.45, 2.75) is 50.0 Å². The summed E-state index contributed by atoms with van der Waals surface area (Å²) in [6, 6.07) is 1.41. The van der Waals surface area contributed by atoms with E-state index >= 15 is 4.39 Å². The highest BCUT2D eigenvalue weighted by atomic mass is 79.9. The molecule has 2 aliphatic heterocycles. The standard InChI is InChI=1S/C21H23BrFN6O8P/c1-9-15-13(11(5-25-9)7-34-10(2)30)6-26-38(33,37-15)35-8-14-16(31)21(22,23)19(36-14)29-4-3-12-17(29)27-20(24)28-18(12)32/h3-5,14,16,19,31H,6-8H2,1-2H3,(H,26,33)(H3,24,27,28,32)/t14-,16?,19-,21?,38?/m1/s1. The number of aliphatic hydroxyl groups is 1. The van der Waals surface area contributed by atoms with Crippen LogP contribution in [-0.2, 0) is 36.5 Å². The van der Waals surface area contributed by atoms with E-state index in [0.717, 1.165) is 0 Å². The Hall–Kier alpha value is -2.88. The number of carbonyl (C=O) groups excluding carboxylic acids is 1. The number of aryl methyl sites for hydroxylation is 1. The smallest absolute Gasteiger partial charge is 0.459 e. The number of aromatic amines is 1. The fourth-order valence-electron chi connectivity index (χ4n) is 4.22. The predicted octanol–water partition coefficient (Wildman–Crippen LogP) is 1.70. The van der Waals surface area contributed by atoms with Gasteiger partial charge in [-0.1, -0.05) is 0 Å². The number of nitrogens with two attached hydrogens (primary N) is 1. The number of nitrogens with zero attached hydrogens (tertiary/aromatic N) is 3. The van der Waals surface area contributed by atoms with E-state index in [-0.39, 0.29) is 35.9 Å². The first-order valence-corrected chi connectivity index (χ1v) is 13.6. The second-order valence-electron chi connectivity index (χ2n) is 8.73. The van der Waals surface area contributed by atoms with Crippen LogP contribution in [0.4, 0.5) is 10.3 Å². The van der Waals surface area contributed by atoms with Crippen molar-refractivity contribution in [3.63, 3.8) is 0 Å². The van der Waals surface area contributed by atoms with Crippen LogP contribution in [0.2, 0.25) is 0 Å². The highest BCUT2D eigenvalue weighted by Gasteiger charge is 2.57. The number of fused-ring (bicyclic) bond motifs is 2. The van der Waals surface area contributed by atoms with Gasteiger partial charge in [0.25, 0.3) is 5.56 Å². The molecule has 0 amide bonds. The highest BCUT2D eigenvalue weighted by molar-refractivity contribution is 9.10. The topological polar surface area (TPSA) is 193 Å². The minimum atomic E-state index is -3.99. The number of pyridine rings is 1. The third kappa shape index (κ3) is 4.72. The molecule has 5 rings (SSSR count). The molecular formula is C21H23BrFN6O8P. The van der Waals surface area contributed by atoms with Gasteiger partial charge in [0.15, 0.2) is 17.6 Å². The summed E-state index contributed by atoms with van der Waals surface area (Å²) >= 11 is 2.88. The lowest BCUT2D eigenvalue weighted by Crippen LogP contribution is -2.38. The highest BCUT2D eigenvalue weighted by Crippen LogP contribution is 2.52. The van der Waals surface area contributed by atoms with E-state index in [1.807, 2.05) is 0 Å². The minimum Gasteiger partial charge on any atom is -0.461 e. The Morgan fingerprint density at radius 2 is 2.26 bits per heavy atom. The molecule has 38 heavy (non-hydrogen) atoms. The third-order valence-electron chi connectivity index (χ3n) is 6.14. The zero-order chi connectivity index (χ0) is 27.4. The summed E-state index contributed by atoms with van der Waals surface area (Å²) in [5.41, 5.74) is 6.73. The molecular weight excluding hydrogens is 594 g/mol. The van der Waals surface area contributed by atoms with E-state index < -0.39 is 48.9 Å². The molecule has 1 fully saturated rings. The molecule has 5 heterocycles. The average molecular weight is 617 g/mol. The molecule has 5 N–H and O–H groups in total. The normalized spacial score (nSPS) is 28.7. The summed E-state index contributed by atoms with van der Waals surface area (Å²) in [6.45, 7) is 2.40. The van der Waals surface area contributed by atoms with Gasteiger partial charge in [0, 0.05) is 37.0 Å². The van der Waals surface area contributed by atoms with Gasteiger partial charge in [0.05, 0.1) is 17.7 Å². The molecule has 17 heteroatoms. The Labute approximate surface area is 222 Å². The number of halogens is 2. The van der Waals surface area contributed by atoms with E-state index in [4.69, 9.17) is 24.3 Å². The van der Waals surface area contributed by atoms with Gasteiger partial charge in [-0.25, -0.2) is 14.0 Å². The summed E-state index contributed by atoms with van der Waals surface area (Å²) in [7, 11) is -3.99. The first-order chi connectivity index (χ1) is 17.9. The van der Waals surface area contributed by atoms with Crippen LogP contribution in [0.3, 0.4) is 0 Å². The fraction of sp³-hybridized carbons (Fsp3) is 0.429. The number of H-pyrrole nitrogens is 1. The lowest BCUT2D eigenvalue weighted by Gasteiger charge is -2.29. The fourth-order valence-corrected chi connectivity index (χ4v) is 6.23. The van der Waals surface area contributed by atoms with Gasteiger partial charge in [0.1, 0.15) is 18.8 Å². The molecule has 14 nitrogen and oxygen atoms in total. The van der Waals surface area contributed by atoms with E-state index in [9.17, 15) is 19.3 Å². The van der Waals surface area contributed by atoms with Crippen molar-refractivity contribution in [1.29, 1.82) is 0 Å². The van der Waals surface area contributed by atoms with Gasteiger partial charge in [-0.2, -0.15) is 4.98 Å². The van der Waals surface area contributed by atoms with E-state index in [1.165, 1.54) is 30.0 Å². The van der Waals surface area contributed by atoms with E-state index in [1.54, 1.807) is 6.92 Å². The van der Waals surface area contributed by atoms with Crippen molar-refractivity contribution >= 4 is 46.6 Å². The van der Waals surface area contributed by atoms with Crippen LogP contribution in [0, 0.1) is 6.92 Å². The summed E-state index contributed by atoms with van der Waals surface area (Å²) < 4.78 is 49.6. The van der Waals surface area contributed by atoms with Gasteiger partial charge in [0.2, 0.25) is 10.5 Å². The van der Waals surface area contributed by atoms with E-state index in [2.05, 4.69) is 36.0 Å². The van der Waals surface area contributed by atoms with Crippen molar-refractivity contribution in [3.8, 4) is 5.75 Å². The number of anilines is 1. The van der Waals surface area contributed by atoms with E-state index in [0.29, 0.717) is 16.8 Å². The summed E-state index contributed by atoms with van der Waals surface area (Å²) in [6.07, 6.45) is -1.65. The number of nitrogen functional groups attached to an aromatic ring is 1. The quantitative estimate of drug-likeness (QED) is 0.178. The average Bonchev–Trinajstić information content (AvgIpc) is 3.36. The summed E-state index contributed by atoms with van der Waals surface area (Å²) in [5.74, 6) is -0.448. The summed E-state index contributed by atoms with van der Waals surface area (Å²) in [4.78, 5) is 33.9. The lowest BCUT2D eigenvalue weighted by molar-refractivity contribution is -0.142. The largest absolute Gasteiger partial charge is 0.461 e. The predicted molar refractivity (Wildman–Crippen MR) is 133 cm³/mol. The Kier molecular flexibility index (Phi) is 6.82. The van der Waals surface area contributed by atoms with Crippen LogP contribution >= 0.6 is 23.7 Å². The Morgan fingerprint density at radius 3 is 3.00 bits per heavy atom. The maximum atomic E-state index is 15.7. The Morgan fingerprint density at radius 1 is 1.50 bits per heavy atom. The van der Waals surface area contributed by atoms with Gasteiger partial charge in [-0.05, 0) is 28.9 Å². The number of hydrogen-bond donors (Lipinski definition) is 4. The second kappa shape index (κ2) is 9.70. The SMILES string of the molecule is CC(=O)OCc1cnc(C)c2c1CNP(=O)(OC[C@H]1O[C@@H](n3ccc4c(=O)[nH]c(N)nc43)C(F)(Br)C1O)O2. The van der Waals surface area contributed by atoms with Crippen molar-refractivity contribution in [2.75, 3.05) is 12.3 Å². The number of hydrogen-bond acceptors (Lipinski definition) is 11. The van der Waals surface area contributed by atoms with Gasteiger partial charge < -0.3 is 29.4 Å². The maximum Gasteiger partial charge on any atom is 0.459 e. The minimum absolute atomic E-state index is 0.0423. The first kappa shape index (κ1) is 26.7. The summed E-state index contributed by atoms with van der Waals surface area (Å²) in [5, 5.41) is 13.5. The van der Waals surface area contributed by atoms with Crippen molar-refractivity contribution in [3.05, 3.63) is 45.6 Å². The number of carbonyl (C=O) groups is 1. The molecule has 3 aromatic heterocycles. The number of nitrogens with one attached hydrogen (secondary N) is 2. The van der Waals surface area contributed by atoms with Gasteiger partial charge in [-0.15, -0.1) is 0 Å². The van der Waals surface area contributed by atoms with Crippen LogP contribution < -0.4 is 20.9 Å². The molecule has 0 saturated carbocycles. The molecule has 0 bridgehead atoms. The molecule has 0 spiro atoms. The zero-order valence-electron chi connectivity index (χ0n) is 20.0. The molecule has 204 valence electrons. The second-order valence-corrected chi connectivity index (χ2v) is 11.7.